The first-order chi connectivity index (χ1) is 9.16. The van der Waals surface area contributed by atoms with Gasteiger partial charge < -0.3 is 10.2 Å². The van der Waals surface area contributed by atoms with Gasteiger partial charge in [-0.2, -0.15) is 0 Å². The van der Waals surface area contributed by atoms with Gasteiger partial charge in [-0.05, 0) is 37.4 Å². The Kier molecular flexibility index (Phi) is 4.91. The van der Waals surface area contributed by atoms with E-state index in [0.717, 1.165) is 31.6 Å². The third-order valence-corrected chi connectivity index (χ3v) is 3.40. The highest BCUT2D eigenvalue weighted by atomic mass is 16.2. The van der Waals surface area contributed by atoms with Gasteiger partial charge >= 0.3 is 0 Å². The van der Waals surface area contributed by atoms with Crippen LogP contribution in [0.4, 0.5) is 0 Å². The number of nitrogens with zero attached hydrogens (tertiary/aromatic N) is 2. The zero-order chi connectivity index (χ0) is 13.7. The fraction of sp³-hybridized carbons (Fsp3) is 0.600. The number of aromatic nitrogens is 1. The van der Waals surface area contributed by atoms with E-state index >= 15 is 0 Å². The van der Waals surface area contributed by atoms with E-state index in [0.29, 0.717) is 12.0 Å². The Balaban J connectivity index is 2.05. The minimum absolute atomic E-state index is 0.116. The molecule has 1 fully saturated rings. The van der Waals surface area contributed by atoms with Gasteiger partial charge in [0.05, 0.1) is 0 Å². The minimum Gasteiger partial charge on any atom is -0.337 e. The van der Waals surface area contributed by atoms with Crippen LogP contribution in [0.25, 0.3) is 0 Å². The van der Waals surface area contributed by atoms with Crippen LogP contribution in [0.5, 0.6) is 0 Å². The number of amides is 1. The van der Waals surface area contributed by atoms with Crippen LogP contribution in [-0.2, 0) is 0 Å². The molecule has 1 aliphatic rings. The van der Waals surface area contributed by atoms with Gasteiger partial charge in [-0.3, -0.25) is 9.78 Å². The molecule has 1 N–H and O–H groups in total. The molecule has 19 heavy (non-hydrogen) atoms. The molecule has 1 aromatic heterocycles. The molecular weight excluding hydrogens is 238 g/mol. The van der Waals surface area contributed by atoms with Gasteiger partial charge in [0.15, 0.2) is 0 Å². The van der Waals surface area contributed by atoms with Crippen molar-refractivity contribution in [1.29, 1.82) is 0 Å². The molecule has 1 unspecified atom stereocenters. The zero-order valence-corrected chi connectivity index (χ0v) is 11.8. The van der Waals surface area contributed by atoms with Crippen LogP contribution in [0.3, 0.4) is 0 Å². The third kappa shape index (κ3) is 4.03. The van der Waals surface area contributed by atoms with Gasteiger partial charge in [-0.15, -0.1) is 0 Å². The number of hydrogen-bond acceptors (Lipinski definition) is 3. The molecule has 0 saturated carbocycles. The van der Waals surface area contributed by atoms with E-state index in [1.807, 2.05) is 4.90 Å². The van der Waals surface area contributed by atoms with Gasteiger partial charge in [0.2, 0.25) is 0 Å². The maximum Gasteiger partial charge on any atom is 0.254 e. The summed E-state index contributed by atoms with van der Waals surface area (Å²) in [5, 5.41) is 3.46. The lowest BCUT2D eigenvalue weighted by Crippen LogP contribution is -2.42. The minimum atomic E-state index is 0.116. The van der Waals surface area contributed by atoms with Crippen LogP contribution in [0.1, 0.15) is 37.0 Å². The van der Waals surface area contributed by atoms with Gasteiger partial charge in [0.25, 0.3) is 5.91 Å². The van der Waals surface area contributed by atoms with Crippen LogP contribution >= 0.6 is 0 Å². The first-order valence-electron chi connectivity index (χ1n) is 7.09. The quantitative estimate of drug-likeness (QED) is 0.881. The molecule has 2 rings (SSSR count). The molecule has 0 aliphatic carbocycles. The van der Waals surface area contributed by atoms with E-state index < -0.39 is 0 Å². The summed E-state index contributed by atoms with van der Waals surface area (Å²) in [6, 6.07) is 4.03. The molecule has 2 heterocycles. The van der Waals surface area contributed by atoms with E-state index in [4.69, 9.17) is 0 Å². The summed E-state index contributed by atoms with van der Waals surface area (Å²) >= 11 is 0. The SMILES string of the molecule is CC(C)CN(CC1CCCN1)C(=O)c1ccncc1. The molecule has 1 aliphatic heterocycles. The number of carbonyl (C=O) groups is 1. The number of carbonyl (C=O) groups excluding carboxylic acids is 1. The monoisotopic (exact) mass is 261 g/mol. The van der Waals surface area contributed by atoms with Crippen molar-refractivity contribution in [3.63, 3.8) is 0 Å². The number of nitrogens with one attached hydrogen (secondary N) is 1. The highest BCUT2D eigenvalue weighted by Crippen LogP contribution is 2.12. The first kappa shape index (κ1) is 14.0. The normalized spacial score (nSPS) is 18.8. The molecule has 1 aromatic rings. The Hall–Kier alpha value is -1.42. The summed E-state index contributed by atoms with van der Waals surface area (Å²) in [5.41, 5.74) is 0.730. The van der Waals surface area contributed by atoms with Crippen LogP contribution in [0.2, 0.25) is 0 Å². The van der Waals surface area contributed by atoms with Crippen LogP contribution < -0.4 is 5.32 Å². The predicted octanol–water partition coefficient (Wildman–Crippen LogP) is 1.93. The van der Waals surface area contributed by atoms with E-state index in [1.165, 1.54) is 6.42 Å². The second kappa shape index (κ2) is 6.66. The molecular formula is C15H23N3O. The van der Waals surface area contributed by atoms with Gasteiger partial charge in [0, 0.05) is 37.1 Å². The van der Waals surface area contributed by atoms with Crippen molar-refractivity contribution in [3.05, 3.63) is 30.1 Å². The Morgan fingerprint density at radius 3 is 2.79 bits per heavy atom. The molecule has 0 spiro atoms. The van der Waals surface area contributed by atoms with Crippen molar-refractivity contribution in [2.45, 2.75) is 32.7 Å². The van der Waals surface area contributed by atoms with Crippen molar-refractivity contribution >= 4 is 5.91 Å². The molecule has 4 nitrogen and oxygen atoms in total. The van der Waals surface area contributed by atoms with Gasteiger partial charge in [-0.1, -0.05) is 13.8 Å². The highest BCUT2D eigenvalue weighted by Gasteiger charge is 2.22. The Morgan fingerprint density at radius 1 is 1.47 bits per heavy atom. The van der Waals surface area contributed by atoms with Gasteiger partial charge in [-0.25, -0.2) is 0 Å². The van der Waals surface area contributed by atoms with E-state index in [9.17, 15) is 4.79 Å². The largest absolute Gasteiger partial charge is 0.337 e. The third-order valence-electron chi connectivity index (χ3n) is 3.40. The fourth-order valence-electron chi connectivity index (χ4n) is 2.54. The summed E-state index contributed by atoms with van der Waals surface area (Å²) in [6.45, 7) is 6.98. The topological polar surface area (TPSA) is 45.2 Å². The summed E-state index contributed by atoms with van der Waals surface area (Å²) < 4.78 is 0. The molecule has 1 atom stereocenters. The van der Waals surface area contributed by atoms with Crippen molar-refractivity contribution < 1.29 is 4.79 Å². The average Bonchev–Trinajstić information content (AvgIpc) is 2.90. The molecule has 1 amide bonds. The molecule has 0 bridgehead atoms. The predicted molar refractivity (Wildman–Crippen MR) is 76.0 cm³/mol. The van der Waals surface area contributed by atoms with Crippen molar-refractivity contribution in [2.24, 2.45) is 5.92 Å². The van der Waals surface area contributed by atoms with Crippen molar-refractivity contribution in [2.75, 3.05) is 19.6 Å². The van der Waals surface area contributed by atoms with Crippen molar-refractivity contribution in [1.82, 2.24) is 15.2 Å². The first-order valence-corrected chi connectivity index (χ1v) is 7.09. The summed E-state index contributed by atoms with van der Waals surface area (Å²) in [6.07, 6.45) is 5.73. The lowest BCUT2D eigenvalue weighted by molar-refractivity contribution is 0.0721. The lowest BCUT2D eigenvalue weighted by atomic mass is 10.1. The number of rotatable bonds is 5. The Morgan fingerprint density at radius 2 is 2.21 bits per heavy atom. The second-order valence-electron chi connectivity index (χ2n) is 5.63. The standard InChI is InChI=1S/C15H23N3O/c1-12(2)10-18(11-14-4-3-7-17-14)15(19)13-5-8-16-9-6-13/h5-6,8-9,12,14,17H,3-4,7,10-11H2,1-2H3. The van der Waals surface area contributed by atoms with Crippen molar-refractivity contribution in [3.8, 4) is 0 Å². The molecule has 104 valence electrons. The van der Waals surface area contributed by atoms with E-state index in [2.05, 4.69) is 24.1 Å². The summed E-state index contributed by atoms with van der Waals surface area (Å²) in [5.74, 6) is 0.594. The molecule has 0 aromatic carbocycles. The number of hydrogen-bond donors (Lipinski definition) is 1. The maximum atomic E-state index is 12.5. The molecule has 0 radical (unpaired) electrons. The Bertz CT molecular complexity index is 399. The van der Waals surface area contributed by atoms with Gasteiger partial charge in [0.1, 0.15) is 0 Å². The Labute approximate surface area is 115 Å². The molecule has 1 saturated heterocycles. The average molecular weight is 261 g/mol. The van der Waals surface area contributed by atoms with Crippen LogP contribution in [0.15, 0.2) is 24.5 Å². The number of pyridine rings is 1. The summed E-state index contributed by atoms with van der Waals surface area (Å²) in [4.78, 5) is 18.5. The molecule has 4 heteroatoms. The second-order valence-corrected chi connectivity index (χ2v) is 5.63. The smallest absolute Gasteiger partial charge is 0.254 e. The summed E-state index contributed by atoms with van der Waals surface area (Å²) in [7, 11) is 0. The highest BCUT2D eigenvalue weighted by molar-refractivity contribution is 5.94. The van der Waals surface area contributed by atoms with Crippen LogP contribution in [0, 0.1) is 5.92 Å². The fourth-order valence-corrected chi connectivity index (χ4v) is 2.54. The zero-order valence-electron chi connectivity index (χ0n) is 11.8. The maximum absolute atomic E-state index is 12.5. The van der Waals surface area contributed by atoms with E-state index in [1.54, 1.807) is 24.5 Å². The lowest BCUT2D eigenvalue weighted by Gasteiger charge is -2.27. The van der Waals surface area contributed by atoms with E-state index in [-0.39, 0.29) is 5.91 Å². The van der Waals surface area contributed by atoms with Crippen LogP contribution in [-0.4, -0.2) is 41.5 Å².